The SMILES string of the molecule is COc1cc(-n2cccn2)ccc1-c1ccc(N2CCNCC2)nn1. The van der Waals surface area contributed by atoms with Crippen molar-refractivity contribution in [2.45, 2.75) is 0 Å². The Morgan fingerprint density at radius 1 is 1.08 bits per heavy atom. The van der Waals surface area contributed by atoms with Crippen molar-refractivity contribution in [1.29, 1.82) is 0 Å². The van der Waals surface area contributed by atoms with Crippen molar-refractivity contribution in [3.05, 3.63) is 48.8 Å². The Hall–Kier alpha value is -2.93. The molecule has 1 aromatic carbocycles. The van der Waals surface area contributed by atoms with E-state index in [0.717, 1.165) is 54.7 Å². The van der Waals surface area contributed by atoms with E-state index in [9.17, 15) is 0 Å². The molecule has 0 unspecified atom stereocenters. The van der Waals surface area contributed by atoms with Gasteiger partial charge in [0.1, 0.15) is 5.75 Å². The number of rotatable bonds is 4. The minimum atomic E-state index is 0.747. The zero-order valence-corrected chi connectivity index (χ0v) is 14.1. The highest BCUT2D eigenvalue weighted by Gasteiger charge is 2.14. The lowest BCUT2D eigenvalue weighted by molar-refractivity contribution is 0.416. The van der Waals surface area contributed by atoms with Gasteiger partial charge in [0.15, 0.2) is 5.82 Å². The van der Waals surface area contributed by atoms with E-state index in [0.29, 0.717) is 0 Å². The monoisotopic (exact) mass is 336 g/mol. The number of hydrogen-bond acceptors (Lipinski definition) is 6. The molecule has 0 spiro atoms. The van der Waals surface area contributed by atoms with E-state index in [-0.39, 0.29) is 0 Å². The van der Waals surface area contributed by atoms with E-state index in [2.05, 4.69) is 25.5 Å². The lowest BCUT2D eigenvalue weighted by Gasteiger charge is -2.27. The van der Waals surface area contributed by atoms with Crippen molar-refractivity contribution in [3.63, 3.8) is 0 Å². The molecule has 128 valence electrons. The van der Waals surface area contributed by atoms with E-state index in [1.54, 1.807) is 18.0 Å². The normalized spacial score (nSPS) is 14.5. The molecule has 0 saturated carbocycles. The fourth-order valence-corrected chi connectivity index (χ4v) is 2.99. The lowest BCUT2D eigenvalue weighted by Crippen LogP contribution is -2.43. The summed E-state index contributed by atoms with van der Waals surface area (Å²) in [6.07, 6.45) is 3.65. The van der Waals surface area contributed by atoms with Crippen LogP contribution in [0.15, 0.2) is 48.8 Å². The lowest BCUT2D eigenvalue weighted by atomic mass is 10.1. The van der Waals surface area contributed by atoms with Crippen LogP contribution in [0.25, 0.3) is 16.9 Å². The Labute approximate surface area is 146 Å². The summed E-state index contributed by atoms with van der Waals surface area (Å²) >= 11 is 0. The van der Waals surface area contributed by atoms with Crippen LogP contribution in [0.4, 0.5) is 5.82 Å². The topological polar surface area (TPSA) is 68.1 Å². The predicted octanol–water partition coefficient (Wildman–Crippen LogP) is 1.75. The second-order valence-corrected chi connectivity index (χ2v) is 5.85. The van der Waals surface area contributed by atoms with Crippen LogP contribution in [0.2, 0.25) is 0 Å². The summed E-state index contributed by atoms with van der Waals surface area (Å²) in [6.45, 7) is 3.87. The van der Waals surface area contributed by atoms with Crippen molar-refractivity contribution >= 4 is 5.82 Å². The van der Waals surface area contributed by atoms with E-state index in [1.165, 1.54) is 0 Å². The van der Waals surface area contributed by atoms with Gasteiger partial charge in [-0.3, -0.25) is 0 Å². The summed E-state index contributed by atoms with van der Waals surface area (Å²) in [6, 6.07) is 11.8. The number of nitrogens with one attached hydrogen (secondary N) is 1. The fourth-order valence-electron chi connectivity index (χ4n) is 2.99. The van der Waals surface area contributed by atoms with Gasteiger partial charge >= 0.3 is 0 Å². The molecule has 3 aromatic rings. The van der Waals surface area contributed by atoms with Crippen LogP contribution in [0, 0.1) is 0 Å². The number of hydrogen-bond donors (Lipinski definition) is 1. The molecule has 3 heterocycles. The second kappa shape index (κ2) is 6.90. The Kier molecular flexibility index (Phi) is 4.30. The largest absolute Gasteiger partial charge is 0.496 e. The number of benzene rings is 1. The van der Waals surface area contributed by atoms with Gasteiger partial charge in [-0.15, -0.1) is 10.2 Å². The van der Waals surface area contributed by atoms with Crippen molar-refractivity contribution in [2.75, 3.05) is 38.2 Å². The highest BCUT2D eigenvalue weighted by molar-refractivity contribution is 5.69. The Bertz CT molecular complexity index is 825. The summed E-state index contributed by atoms with van der Waals surface area (Å²) in [5, 5.41) is 16.4. The van der Waals surface area contributed by atoms with E-state index < -0.39 is 0 Å². The van der Waals surface area contributed by atoms with E-state index in [1.807, 2.05) is 42.6 Å². The van der Waals surface area contributed by atoms with Crippen LogP contribution in [-0.4, -0.2) is 53.3 Å². The van der Waals surface area contributed by atoms with Gasteiger partial charge in [0.05, 0.1) is 18.5 Å². The van der Waals surface area contributed by atoms with Gasteiger partial charge in [-0.2, -0.15) is 5.10 Å². The van der Waals surface area contributed by atoms with Gasteiger partial charge in [0.2, 0.25) is 0 Å². The summed E-state index contributed by atoms with van der Waals surface area (Å²) in [4.78, 5) is 2.24. The highest BCUT2D eigenvalue weighted by Crippen LogP contribution is 2.30. The minimum Gasteiger partial charge on any atom is -0.496 e. The van der Waals surface area contributed by atoms with Crippen LogP contribution >= 0.6 is 0 Å². The van der Waals surface area contributed by atoms with E-state index in [4.69, 9.17) is 4.74 Å². The van der Waals surface area contributed by atoms with Gasteiger partial charge in [0.25, 0.3) is 0 Å². The number of methoxy groups -OCH3 is 1. The predicted molar refractivity (Wildman–Crippen MR) is 96.2 cm³/mol. The fraction of sp³-hybridized carbons (Fsp3) is 0.278. The molecule has 0 amide bonds. The molecule has 25 heavy (non-hydrogen) atoms. The highest BCUT2D eigenvalue weighted by atomic mass is 16.5. The molecule has 2 aromatic heterocycles. The molecule has 0 atom stereocenters. The van der Waals surface area contributed by atoms with Gasteiger partial charge in [-0.25, -0.2) is 4.68 Å². The van der Waals surface area contributed by atoms with Crippen LogP contribution in [0.5, 0.6) is 5.75 Å². The zero-order chi connectivity index (χ0) is 17.1. The molecular formula is C18H20N6O. The number of aromatic nitrogens is 4. The van der Waals surface area contributed by atoms with Gasteiger partial charge in [-0.05, 0) is 30.3 Å². The summed E-state index contributed by atoms with van der Waals surface area (Å²) in [5.41, 5.74) is 2.65. The first-order chi connectivity index (χ1) is 12.3. The third-order valence-electron chi connectivity index (χ3n) is 4.32. The van der Waals surface area contributed by atoms with Crippen LogP contribution < -0.4 is 15.0 Å². The Balaban J connectivity index is 1.62. The van der Waals surface area contributed by atoms with Gasteiger partial charge in [-0.1, -0.05) is 0 Å². The van der Waals surface area contributed by atoms with Crippen molar-refractivity contribution in [3.8, 4) is 22.7 Å². The van der Waals surface area contributed by atoms with Gasteiger partial charge < -0.3 is 15.0 Å². The van der Waals surface area contributed by atoms with E-state index >= 15 is 0 Å². The smallest absolute Gasteiger partial charge is 0.151 e. The average Bonchev–Trinajstić information content (AvgIpc) is 3.23. The maximum absolute atomic E-state index is 5.56. The molecule has 4 rings (SSSR count). The second-order valence-electron chi connectivity index (χ2n) is 5.85. The first kappa shape index (κ1) is 15.6. The molecule has 1 aliphatic heterocycles. The molecule has 1 fully saturated rings. The maximum atomic E-state index is 5.56. The van der Waals surface area contributed by atoms with Gasteiger partial charge in [0, 0.05) is 50.2 Å². The molecule has 0 aliphatic carbocycles. The number of nitrogens with zero attached hydrogens (tertiary/aromatic N) is 5. The molecule has 1 saturated heterocycles. The quantitative estimate of drug-likeness (QED) is 0.783. The molecular weight excluding hydrogens is 316 g/mol. The molecule has 7 nitrogen and oxygen atoms in total. The summed E-state index contributed by atoms with van der Waals surface area (Å²) < 4.78 is 7.35. The maximum Gasteiger partial charge on any atom is 0.151 e. The summed E-state index contributed by atoms with van der Waals surface area (Å²) in [7, 11) is 1.66. The third kappa shape index (κ3) is 3.18. The van der Waals surface area contributed by atoms with Crippen LogP contribution in [0.3, 0.4) is 0 Å². The molecule has 1 N–H and O–H groups in total. The number of piperazine rings is 1. The Morgan fingerprint density at radius 3 is 2.64 bits per heavy atom. The third-order valence-corrected chi connectivity index (χ3v) is 4.32. The van der Waals surface area contributed by atoms with Crippen molar-refractivity contribution in [1.82, 2.24) is 25.3 Å². The van der Waals surface area contributed by atoms with Crippen LogP contribution in [0.1, 0.15) is 0 Å². The van der Waals surface area contributed by atoms with Crippen LogP contribution in [-0.2, 0) is 0 Å². The van der Waals surface area contributed by atoms with Crippen molar-refractivity contribution < 1.29 is 4.74 Å². The van der Waals surface area contributed by atoms with Crippen molar-refractivity contribution in [2.24, 2.45) is 0 Å². The Morgan fingerprint density at radius 2 is 1.96 bits per heavy atom. The first-order valence-electron chi connectivity index (χ1n) is 8.33. The average molecular weight is 336 g/mol. The number of anilines is 1. The number of ether oxygens (including phenoxy) is 1. The summed E-state index contributed by atoms with van der Waals surface area (Å²) in [5.74, 6) is 1.66. The molecule has 0 bridgehead atoms. The molecule has 7 heteroatoms. The molecule has 1 aliphatic rings. The molecule has 0 radical (unpaired) electrons. The first-order valence-corrected chi connectivity index (χ1v) is 8.33. The minimum absolute atomic E-state index is 0.747. The zero-order valence-electron chi connectivity index (χ0n) is 14.1. The standard InChI is InChI=1S/C18H20N6O/c1-25-17-13-14(24-10-2-7-20-24)3-4-15(17)16-5-6-18(22-21-16)23-11-8-19-9-12-23/h2-7,10,13,19H,8-9,11-12H2,1H3.